The standard InChI is InChI=1S/C12H24N2.2H2/c1-2-6-10-14-12-8-4-3-7-11(12)13-9-5-1;;/h11-14H,1-10H2;2*1H/t11-,12-;;/m0../s1. The zero-order valence-electron chi connectivity index (χ0n) is 9.23. The van der Waals surface area contributed by atoms with E-state index >= 15 is 0 Å². The van der Waals surface area contributed by atoms with Crippen molar-refractivity contribution < 1.29 is 2.85 Å². The summed E-state index contributed by atoms with van der Waals surface area (Å²) in [4.78, 5) is 0. The molecule has 1 saturated heterocycles. The average molecular weight is 200 g/mol. The fraction of sp³-hybridized carbons (Fsp3) is 1.00. The lowest BCUT2D eigenvalue weighted by Crippen LogP contribution is -2.50. The second-order valence-corrected chi connectivity index (χ2v) is 4.82. The molecule has 2 aliphatic rings. The molecule has 0 radical (unpaired) electrons. The zero-order chi connectivity index (χ0) is 9.64. The first kappa shape index (κ1) is 10.4. The average Bonchev–Trinajstić information content (AvgIpc) is 2.25. The molecular weight excluding hydrogens is 172 g/mol. The monoisotopic (exact) mass is 200 g/mol. The molecule has 1 saturated carbocycles. The zero-order valence-corrected chi connectivity index (χ0v) is 9.23. The van der Waals surface area contributed by atoms with Crippen LogP contribution in [0, 0.1) is 0 Å². The summed E-state index contributed by atoms with van der Waals surface area (Å²) in [5, 5.41) is 7.46. The van der Waals surface area contributed by atoms with Crippen molar-refractivity contribution in [1.82, 2.24) is 10.6 Å². The predicted octanol–water partition coefficient (Wildman–Crippen LogP) is 2.54. The molecule has 0 aromatic carbocycles. The Morgan fingerprint density at radius 3 is 1.64 bits per heavy atom. The first-order valence-corrected chi connectivity index (χ1v) is 6.43. The first-order valence-electron chi connectivity index (χ1n) is 6.43. The summed E-state index contributed by atoms with van der Waals surface area (Å²) < 4.78 is 0. The van der Waals surface area contributed by atoms with Crippen molar-refractivity contribution >= 4 is 0 Å². The Morgan fingerprint density at radius 2 is 1.14 bits per heavy atom. The minimum Gasteiger partial charge on any atom is -0.312 e. The normalized spacial score (nSPS) is 36.0. The van der Waals surface area contributed by atoms with Crippen molar-refractivity contribution in [3.63, 3.8) is 0 Å². The van der Waals surface area contributed by atoms with Crippen LogP contribution in [0.4, 0.5) is 0 Å². The molecular formula is C12H28N2. The lowest BCUT2D eigenvalue weighted by atomic mass is 9.89. The maximum atomic E-state index is 3.73. The lowest BCUT2D eigenvalue weighted by Gasteiger charge is -2.34. The van der Waals surface area contributed by atoms with Crippen LogP contribution in [0.25, 0.3) is 0 Å². The van der Waals surface area contributed by atoms with Gasteiger partial charge in [0.15, 0.2) is 0 Å². The van der Waals surface area contributed by atoms with Crippen LogP contribution >= 0.6 is 0 Å². The van der Waals surface area contributed by atoms with E-state index in [1.165, 1.54) is 64.5 Å². The lowest BCUT2D eigenvalue weighted by molar-refractivity contribution is 0.276. The topological polar surface area (TPSA) is 24.1 Å². The molecule has 86 valence electrons. The molecule has 2 N–H and O–H groups in total. The van der Waals surface area contributed by atoms with E-state index in [0.717, 1.165) is 12.1 Å². The van der Waals surface area contributed by atoms with Gasteiger partial charge in [0.2, 0.25) is 0 Å². The van der Waals surface area contributed by atoms with Gasteiger partial charge in [-0.1, -0.05) is 25.7 Å². The summed E-state index contributed by atoms with van der Waals surface area (Å²) in [6.07, 6.45) is 11.2. The molecule has 1 aliphatic heterocycles. The van der Waals surface area contributed by atoms with E-state index in [1.807, 2.05) is 0 Å². The van der Waals surface area contributed by atoms with E-state index in [9.17, 15) is 0 Å². The van der Waals surface area contributed by atoms with Gasteiger partial charge < -0.3 is 10.6 Å². The highest BCUT2D eigenvalue weighted by Crippen LogP contribution is 2.19. The van der Waals surface area contributed by atoms with E-state index in [-0.39, 0.29) is 2.85 Å². The molecule has 0 bridgehead atoms. The fourth-order valence-corrected chi connectivity index (χ4v) is 2.80. The highest BCUT2D eigenvalue weighted by atomic mass is 15.0. The van der Waals surface area contributed by atoms with Gasteiger partial charge in [0, 0.05) is 14.9 Å². The number of rotatable bonds is 0. The maximum Gasteiger partial charge on any atom is 0.0221 e. The third-order valence-corrected chi connectivity index (χ3v) is 3.68. The van der Waals surface area contributed by atoms with Crippen molar-refractivity contribution in [3.8, 4) is 0 Å². The molecule has 0 spiro atoms. The van der Waals surface area contributed by atoms with Crippen molar-refractivity contribution in [3.05, 3.63) is 0 Å². The summed E-state index contributed by atoms with van der Waals surface area (Å²) >= 11 is 0. The third-order valence-electron chi connectivity index (χ3n) is 3.68. The van der Waals surface area contributed by atoms with E-state index in [4.69, 9.17) is 0 Å². The van der Waals surface area contributed by atoms with Crippen LogP contribution in [0.15, 0.2) is 0 Å². The molecule has 0 aromatic heterocycles. The molecule has 2 atom stereocenters. The van der Waals surface area contributed by atoms with Gasteiger partial charge in [-0.3, -0.25) is 0 Å². The van der Waals surface area contributed by atoms with Crippen LogP contribution < -0.4 is 10.6 Å². The molecule has 1 aliphatic carbocycles. The minimum atomic E-state index is 0. The summed E-state index contributed by atoms with van der Waals surface area (Å²) in [5.41, 5.74) is 0. The number of hydrogen-bond donors (Lipinski definition) is 2. The Labute approximate surface area is 90.8 Å². The van der Waals surface area contributed by atoms with Gasteiger partial charge in [0.25, 0.3) is 0 Å². The van der Waals surface area contributed by atoms with Gasteiger partial charge in [-0.2, -0.15) is 0 Å². The Kier molecular flexibility index (Phi) is 4.26. The molecule has 1 heterocycles. The van der Waals surface area contributed by atoms with Crippen molar-refractivity contribution in [2.24, 2.45) is 0 Å². The summed E-state index contributed by atoms with van der Waals surface area (Å²) in [6, 6.07) is 1.53. The second kappa shape index (κ2) is 5.72. The van der Waals surface area contributed by atoms with Gasteiger partial charge >= 0.3 is 0 Å². The van der Waals surface area contributed by atoms with E-state index < -0.39 is 0 Å². The summed E-state index contributed by atoms with van der Waals surface area (Å²) in [5.74, 6) is 0. The molecule has 0 aromatic rings. The maximum absolute atomic E-state index is 3.73. The highest BCUT2D eigenvalue weighted by molar-refractivity contribution is 4.86. The molecule has 0 unspecified atom stereocenters. The Hall–Kier alpha value is -0.0800. The first-order chi connectivity index (χ1) is 6.97. The van der Waals surface area contributed by atoms with Crippen LogP contribution in [0.1, 0.15) is 54.2 Å². The Balaban J connectivity index is 0.00000112. The van der Waals surface area contributed by atoms with Gasteiger partial charge in [0.1, 0.15) is 0 Å². The highest BCUT2D eigenvalue weighted by Gasteiger charge is 2.23. The van der Waals surface area contributed by atoms with Crippen LogP contribution in [-0.2, 0) is 0 Å². The summed E-state index contributed by atoms with van der Waals surface area (Å²) in [6.45, 7) is 2.48. The van der Waals surface area contributed by atoms with Crippen LogP contribution in [0.3, 0.4) is 0 Å². The van der Waals surface area contributed by atoms with Crippen molar-refractivity contribution in [2.75, 3.05) is 13.1 Å². The molecule has 14 heavy (non-hydrogen) atoms. The van der Waals surface area contributed by atoms with Crippen LogP contribution in [0.5, 0.6) is 0 Å². The second-order valence-electron chi connectivity index (χ2n) is 4.82. The smallest absolute Gasteiger partial charge is 0.0221 e. The summed E-state index contributed by atoms with van der Waals surface area (Å²) in [7, 11) is 0. The molecule has 2 fully saturated rings. The van der Waals surface area contributed by atoms with Gasteiger partial charge in [0.05, 0.1) is 0 Å². The van der Waals surface area contributed by atoms with E-state index in [1.54, 1.807) is 0 Å². The Morgan fingerprint density at radius 1 is 0.643 bits per heavy atom. The largest absolute Gasteiger partial charge is 0.312 e. The quantitative estimate of drug-likeness (QED) is 0.628. The molecule has 0 amide bonds. The number of hydrogen-bond acceptors (Lipinski definition) is 2. The number of nitrogens with one attached hydrogen (secondary N) is 2. The van der Waals surface area contributed by atoms with Gasteiger partial charge in [-0.05, 0) is 38.8 Å². The molecule has 2 nitrogen and oxygen atoms in total. The fourth-order valence-electron chi connectivity index (χ4n) is 2.80. The molecule has 2 heteroatoms. The van der Waals surface area contributed by atoms with Crippen molar-refractivity contribution in [2.45, 2.75) is 63.5 Å². The predicted molar refractivity (Wildman–Crippen MR) is 64.7 cm³/mol. The molecule has 2 rings (SSSR count). The van der Waals surface area contributed by atoms with Crippen LogP contribution in [0.2, 0.25) is 0 Å². The van der Waals surface area contributed by atoms with Crippen LogP contribution in [-0.4, -0.2) is 25.2 Å². The number of fused-ring (bicyclic) bond motifs is 1. The van der Waals surface area contributed by atoms with Gasteiger partial charge in [-0.25, -0.2) is 0 Å². The van der Waals surface area contributed by atoms with E-state index in [0.29, 0.717) is 0 Å². The SMILES string of the molecule is C1CCCN[C@H]2CCCC[C@@H]2NCC1.[HH].[HH]. The Bertz CT molecular complexity index is 149. The van der Waals surface area contributed by atoms with Crippen molar-refractivity contribution in [1.29, 1.82) is 0 Å². The minimum absolute atomic E-state index is 0. The van der Waals surface area contributed by atoms with Gasteiger partial charge in [-0.15, -0.1) is 0 Å². The third kappa shape index (κ3) is 2.96. The van der Waals surface area contributed by atoms with E-state index in [2.05, 4.69) is 10.6 Å².